The van der Waals surface area contributed by atoms with E-state index in [1.165, 1.54) is 13.2 Å². The van der Waals surface area contributed by atoms with Crippen LogP contribution < -0.4 is 10.6 Å². The van der Waals surface area contributed by atoms with Crippen LogP contribution in [-0.4, -0.2) is 69.8 Å². The molecule has 1 aliphatic rings. The first kappa shape index (κ1) is 28.0. The molecule has 1 saturated heterocycles. The summed E-state index contributed by atoms with van der Waals surface area (Å²) in [6, 6.07) is 12.7. The van der Waals surface area contributed by atoms with Gasteiger partial charge in [-0.15, -0.1) is 0 Å². The lowest BCUT2D eigenvalue weighted by Crippen LogP contribution is -2.37. The van der Waals surface area contributed by atoms with Gasteiger partial charge in [-0.3, -0.25) is 14.8 Å². The molecule has 2 N–H and O–H groups in total. The number of carbonyl (C=O) groups is 2. The number of methoxy groups -OCH3 is 1. The van der Waals surface area contributed by atoms with E-state index in [-0.39, 0.29) is 30.9 Å². The molecule has 41 heavy (non-hydrogen) atoms. The predicted octanol–water partition coefficient (Wildman–Crippen LogP) is 3.87. The van der Waals surface area contributed by atoms with Crippen LogP contribution in [0.4, 0.5) is 19.4 Å². The topological polar surface area (TPSA) is 106 Å². The summed E-state index contributed by atoms with van der Waals surface area (Å²) in [5.74, 6) is -2.16. The maximum absolute atomic E-state index is 14.1. The van der Waals surface area contributed by atoms with Gasteiger partial charge in [0.2, 0.25) is 5.91 Å². The van der Waals surface area contributed by atoms with Crippen LogP contribution in [0.15, 0.2) is 60.9 Å². The van der Waals surface area contributed by atoms with Gasteiger partial charge >= 0.3 is 6.03 Å². The van der Waals surface area contributed by atoms with E-state index in [1.807, 2.05) is 50.5 Å². The molecule has 0 bridgehead atoms. The molecule has 214 valence electrons. The Bertz CT molecular complexity index is 1550. The standard InChI is InChI=1S/C29H31F2N7O3/c1-18-27(21-13-33-36(2)14-21)35-38(22-7-5-4-6-8-22)28(18)34-29(40)32-12-20-15-37(26(39)17-41-3)16-23(20)19-9-10-24(30)25(31)11-19/h4-11,13-14,20,23H,12,15-17H2,1-3H3,(H2,32,34,40)/t20-,23+/m1/s1. The molecule has 0 spiro atoms. The molecule has 12 heteroatoms. The van der Waals surface area contributed by atoms with Gasteiger partial charge in [-0.05, 0) is 36.8 Å². The van der Waals surface area contributed by atoms with E-state index in [0.717, 1.165) is 28.9 Å². The van der Waals surface area contributed by atoms with Gasteiger partial charge in [0, 0.05) is 63.0 Å². The maximum atomic E-state index is 14.1. The van der Waals surface area contributed by atoms with Gasteiger partial charge in [0.15, 0.2) is 11.6 Å². The second-order valence-corrected chi connectivity index (χ2v) is 10.1. The largest absolute Gasteiger partial charge is 0.375 e. The van der Waals surface area contributed by atoms with Crippen molar-refractivity contribution in [3.05, 3.63) is 83.7 Å². The Hall–Kier alpha value is -4.58. The highest BCUT2D eigenvalue weighted by Gasteiger charge is 2.36. The summed E-state index contributed by atoms with van der Waals surface area (Å²) in [6.45, 7) is 2.61. The molecule has 2 aromatic heterocycles. The van der Waals surface area contributed by atoms with Gasteiger partial charge in [-0.25, -0.2) is 18.3 Å². The third kappa shape index (κ3) is 5.97. The van der Waals surface area contributed by atoms with E-state index in [4.69, 9.17) is 9.84 Å². The van der Waals surface area contributed by atoms with Gasteiger partial charge < -0.3 is 15.0 Å². The monoisotopic (exact) mass is 563 g/mol. The molecule has 4 aromatic rings. The number of aromatic nitrogens is 4. The van der Waals surface area contributed by atoms with Crippen molar-refractivity contribution in [2.45, 2.75) is 12.8 Å². The first-order chi connectivity index (χ1) is 19.7. The Balaban J connectivity index is 1.36. The molecule has 1 aliphatic heterocycles. The number of aryl methyl sites for hydroxylation is 1. The van der Waals surface area contributed by atoms with Crippen molar-refractivity contribution in [2.24, 2.45) is 13.0 Å². The third-order valence-corrected chi connectivity index (χ3v) is 7.29. The van der Waals surface area contributed by atoms with Crippen molar-refractivity contribution < 1.29 is 23.1 Å². The highest BCUT2D eigenvalue weighted by Crippen LogP contribution is 2.34. The molecular weight excluding hydrogens is 532 g/mol. The number of anilines is 1. The zero-order valence-electron chi connectivity index (χ0n) is 23.0. The summed E-state index contributed by atoms with van der Waals surface area (Å²) in [4.78, 5) is 27.4. The summed E-state index contributed by atoms with van der Waals surface area (Å²) in [5, 5.41) is 14.8. The van der Waals surface area contributed by atoms with Crippen LogP contribution in [0.1, 0.15) is 17.0 Å². The average molecular weight is 564 g/mol. The number of amides is 3. The molecule has 10 nitrogen and oxygen atoms in total. The van der Waals surface area contributed by atoms with Crippen LogP contribution >= 0.6 is 0 Å². The van der Waals surface area contributed by atoms with E-state index in [1.54, 1.807) is 20.5 Å². The number of carbonyl (C=O) groups excluding carboxylic acids is 2. The zero-order chi connectivity index (χ0) is 29.1. The van der Waals surface area contributed by atoms with Crippen LogP contribution in [0, 0.1) is 24.5 Å². The number of halogens is 2. The minimum absolute atomic E-state index is 0.0901. The Morgan fingerprint density at radius 2 is 1.88 bits per heavy atom. The maximum Gasteiger partial charge on any atom is 0.320 e. The number of benzene rings is 2. The molecule has 0 unspecified atom stereocenters. The van der Waals surface area contributed by atoms with Crippen LogP contribution in [0.25, 0.3) is 16.9 Å². The Morgan fingerprint density at radius 3 is 2.56 bits per heavy atom. The Labute approximate surface area is 235 Å². The number of likely N-dealkylation sites (tertiary alicyclic amines) is 1. The van der Waals surface area contributed by atoms with Crippen LogP contribution in [0.2, 0.25) is 0 Å². The van der Waals surface area contributed by atoms with E-state index in [2.05, 4.69) is 15.7 Å². The number of urea groups is 1. The van der Waals surface area contributed by atoms with Crippen LogP contribution in [0.5, 0.6) is 0 Å². The van der Waals surface area contributed by atoms with Crippen molar-refractivity contribution in [3.63, 3.8) is 0 Å². The third-order valence-electron chi connectivity index (χ3n) is 7.29. The molecule has 1 fully saturated rings. The van der Waals surface area contributed by atoms with Gasteiger partial charge in [-0.1, -0.05) is 24.3 Å². The van der Waals surface area contributed by atoms with Crippen molar-refractivity contribution >= 4 is 17.8 Å². The summed E-state index contributed by atoms with van der Waals surface area (Å²) in [6.07, 6.45) is 3.56. The SMILES string of the molecule is COCC(=O)N1C[C@@H](CNC(=O)Nc2c(C)c(-c3cnn(C)c3)nn2-c2ccccc2)[C@H](c2ccc(F)c(F)c2)C1. The first-order valence-corrected chi connectivity index (χ1v) is 13.2. The first-order valence-electron chi connectivity index (χ1n) is 13.2. The molecular formula is C29H31F2N7O3. The number of hydrogen-bond donors (Lipinski definition) is 2. The molecule has 0 radical (unpaired) electrons. The Kier molecular flexibility index (Phi) is 8.11. The summed E-state index contributed by atoms with van der Waals surface area (Å²) >= 11 is 0. The van der Waals surface area contributed by atoms with Crippen LogP contribution in [-0.2, 0) is 16.6 Å². The van der Waals surface area contributed by atoms with Gasteiger partial charge in [0.25, 0.3) is 0 Å². The lowest BCUT2D eigenvalue weighted by Gasteiger charge is -2.19. The number of nitrogens with zero attached hydrogens (tertiary/aromatic N) is 5. The minimum atomic E-state index is -0.956. The second-order valence-electron chi connectivity index (χ2n) is 10.1. The Morgan fingerprint density at radius 1 is 1.10 bits per heavy atom. The normalized spacial score (nSPS) is 16.7. The molecule has 0 saturated carbocycles. The lowest BCUT2D eigenvalue weighted by atomic mass is 9.89. The van der Waals surface area contributed by atoms with Crippen molar-refractivity contribution in [3.8, 4) is 16.9 Å². The summed E-state index contributed by atoms with van der Waals surface area (Å²) in [7, 11) is 3.26. The number of para-hydroxylation sites is 1. The quantitative estimate of drug-likeness (QED) is 0.339. The number of ether oxygens (including phenoxy) is 1. The van der Waals surface area contributed by atoms with Crippen molar-refractivity contribution in [1.29, 1.82) is 0 Å². The second kappa shape index (κ2) is 11.9. The summed E-state index contributed by atoms with van der Waals surface area (Å²) in [5.41, 5.74) is 3.57. The molecule has 5 rings (SSSR count). The molecule has 3 amide bonds. The predicted molar refractivity (Wildman–Crippen MR) is 149 cm³/mol. The highest BCUT2D eigenvalue weighted by atomic mass is 19.2. The highest BCUT2D eigenvalue weighted by molar-refractivity contribution is 5.90. The lowest BCUT2D eigenvalue weighted by molar-refractivity contribution is -0.134. The number of rotatable bonds is 8. The van der Waals surface area contributed by atoms with E-state index in [0.29, 0.717) is 30.2 Å². The van der Waals surface area contributed by atoms with Gasteiger partial charge in [0.05, 0.1) is 11.9 Å². The van der Waals surface area contributed by atoms with E-state index >= 15 is 0 Å². The van der Waals surface area contributed by atoms with E-state index < -0.39 is 17.7 Å². The summed E-state index contributed by atoms with van der Waals surface area (Å²) < 4.78 is 36.0. The number of hydrogen-bond acceptors (Lipinski definition) is 5. The van der Waals surface area contributed by atoms with Crippen LogP contribution in [0.3, 0.4) is 0 Å². The molecule has 3 heterocycles. The van der Waals surface area contributed by atoms with Gasteiger partial charge in [-0.2, -0.15) is 10.2 Å². The molecule has 2 atom stereocenters. The van der Waals surface area contributed by atoms with Crippen molar-refractivity contribution in [2.75, 3.05) is 38.7 Å². The number of nitrogens with one attached hydrogen (secondary N) is 2. The van der Waals surface area contributed by atoms with Gasteiger partial charge in [0.1, 0.15) is 18.1 Å². The fraction of sp³-hybridized carbons (Fsp3) is 0.310. The minimum Gasteiger partial charge on any atom is -0.375 e. The molecule has 0 aliphatic carbocycles. The fourth-order valence-corrected chi connectivity index (χ4v) is 5.21. The fourth-order valence-electron chi connectivity index (χ4n) is 5.21. The van der Waals surface area contributed by atoms with E-state index in [9.17, 15) is 18.4 Å². The average Bonchev–Trinajstić information content (AvgIpc) is 3.67. The van der Waals surface area contributed by atoms with Crippen molar-refractivity contribution in [1.82, 2.24) is 29.8 Å². The smallest absolute Gasteiger partial charge is 0.320 e. The molecule has 2 aromatic carbocycles. The zero-order valence-corrected chi connectivity index (χ0v) is 23.0.